The number of amidine groups is 1. The highest BCUT2D eigenvalue weighted by Crippen LogP contribution is 2.39. The number of aromatic nitrogens is 1. The number of carbonyl (C=O) groups excluding carboxylic acids is 1. The predicted molar refractivity (Wildman–Crippen MR) is 109 cm³/mol. The molecule has 2 aromatic carbocycles. The summed E-state index contributed by atoms with van der Waals surface area (Å²) in [5.41, 5.74) is 8.63. The third-order valence-electron chi connectivity index (χ3n) is 5.81. The molecule has 29 heavy (non-hydrogen) atoms. The Labute approximate surface area is 167 Å². The van der Waals surface area contributed by atoms with Crippen LogP contribution in [0.1, 0.15) is 31.5 Å². The van der Waals surface area contributed by atoms with Crippen molar-refractivity contribution in [2.45, 2.75) is 25.7 Å². The summed E-state index contributed by atoms with van der Waals surface area (Å²) in [5.74, 6) is -1.38. The number of nitrogens with one attached hydrogen (secondary N) is 2. The van der Waals surface area contributed by atoms with Crippen LogP contribution in [0.15, 0.2) is 47.5 Å². The van der Waals surface area contributed by atoms with Gasteiger partial charge in [-0.2, -0.15) is 0 Å². The van der Waals surface area contributed by atoms with Crippen LogP contribution < -0.4 is 11.1 Å². The summed E-state index contributed by atoms with van der Waals surface area (Å²) in [7, 11) is 0. The molecule has 0 bridgehead atoms. The van der Waals surface area contributed by atoms with E-state index in [0.29, 0.717) is 18.7 Å². The van der Waals surface area contributed by atoms with Crippen molar-refractivity contribution in [1.82, 2.24) is 10.3 Å². The molecule has 0 spiro atoms. The zero-order valence-corrected chi connectivity index (χ0v) is 16.2. The summed E-state index contributed by atoms with van der Waals surface area (Å²) in [6, 6.07) is 11.3. The topological polar surface area (TPSA) is 83.3 Å². The first-order valence-corrected chi connectivity index (χ1v) is 9.48. The Balaban J connectivity index is 1.70. The molecule has 150 valence electrons. The minimum absolute atomic E-state index is 0.0662. The van der Waals surface area contributed by atoms with Crippen molar-refractivity contribution in [2.75, 3.05) is 6.54 Å². The standard InChI is InChI=1S/C22H22F2N4O/c1-12(2)22(10-20(29)26-11-22)14-3-6-18-13(7-14)8-19(28-18)21(25)27-15-4-5-16(23)17(24)9-15/h3-9,12,28H,10-11H2,1-2H3,(H2,25,27)(H,26,29). The molecule has 0 saturated carbocycles. The number of hydrogen-bond donors (Lipinski definition) is 3. The first-order valence-electron chi connectivity index (χ1n) is 9.48. The van der Waals surface area contributed by atoms with E-state index in [1.807, 2.05) is 18.2 Å². The SMILES string of the molecule is CC(C)C1(c2ccc3[nH]c(C(N)=Nc4ccc(F)c(F)c4)cc3c2)CNC(=O)C1. The maximum Gasteiger partial charge on any atom is 0.221 e. The highest BCUT2D eigenvalue weighted by Gasteiger charge is 2.42. The number of rotatable bonds is 4. The van der Waals surface area contributed by atoms with Crippen molar-refractivity contribution in [2.24, 2.45) is 16.6 Å². The molecule has 0 aliphatic carbocycles. The van der Waals surface area contributed by atoms with Gasteiger partial charge in [-0.25, -0.2) is 13.8 Å². The predicted octanol–water partition coefficient (Wildman–Crippen LogP) is 3.90. The first kappa shape index (κ1) is 19.1. The van der Waals surface area contributed by atoms with Crippen molar-refractivity contribution >= 4 is 28.3 Å². The Kier molecular flexibility index (Phi) is 4.61. The van der Waals surface area contributed by atoms with Gasteiger partial charge in [-0.05, 0) is 41.8 Å². The minimum Gasteiger partial charge on any atom is -0.382 e. The lowest BCUT2D eigenvalue weighted by molar-refractivity contribution is -0.119. The number of amides is 1. The zero-order chi connectivity index (χ0) is 20.8. The third kappa shape index (κ3) is 3.37. The fourth-order valence-electron chi connectivity index (χ4n) is 3.95. The molecular formula is C22H22F2N4O. The Hall–Kier alpha value is -3.22. The summed E-state index contributed by atoms with van der Waals surface area (Å²) in [5, 5.41) is 3.90. The van der Waals surface area contributed by atoms with Gasteiger partial charge in [-0.3, -0.25) is 4.79 Å². The number of carbonyl (C=O) groups is 1. The van der Waals surface area contributed by atoms with Gasteiger partial charge in [0.15, 0.2) is 11.6 Å². The van der Waals surface area contributed by atoms with Crippen LogP contribution in [0.4, 0.5) is 14.5 Å². The Morgan fingerprint density at radius 1 is 1.14 bits per heavy atom. The van der Waals surface area contributed by atoms with Crippen LogP contribution in [0, 0.1) is 17.6 Å². The van der Waals surface area contributed by atoms with Gasteiger partial charge in [0.05, 0.1) is 11.4 Å². The molecule has 0 radical (unpaired) electrons. The fraction of sp³-hybridized carbons (Fsp3) is 0.273. The maximum atomic E-state index is 13.4. The van der Waals surface area contributed by atoms with E-state index in [0.717, 1.165) is 28.6 Å². The molecule has 5 nitrogen and oxygen atoms in total. The number of nitrogens with two attached hydrogens (primary N) is 1. The lowest BCUT2D eigenvalue weighted by atomic mass is 9.71. The van der Waals surface area contributed by atoms with Crippen LogP contribution in [0.3, 0.4) is 0 Å². The van der Waals surface area contributed by atoms with E-state index >= 15 is 0 Å². The molecule has 1 atom stereocenters. The van der Waals surface area contributed by atoms with Gasteiger partial charge < -0.3 is 16.0 Å². The number of hydrogen-bond acceptors (Lipinski definition) is 2. The third-order valence-corrected chi connectivity index (χ3v) is 5.81. The number of nitrogens with zero attached hydrogens (tertiary/aromatic N) is 1. The molecule has 1 amide bonds. The van der Waals surface area contributed by atoms with E-state index in [1.54, 1.807) is 0 Å². The van der Waals surface area contributed by atoms with Gasteiger partial charge in [-0.15, -0.1) is 0 Å². The summed E-state index contributed by atoms with van der Waals surface area (Å²) >= 11 is 0. The second-order valence-electron chi connectivity index (χ2n) is 7.84. The summed E-state index contributed by atoms with van der Waals surface area (Å²) < 4.78 is 26.5. The maximum absolute atomic E-state index is 13.4. The van der Waals surface area contributed by atoms with E-state index in [4.69, 9.17) is 5.73 Å². The average molecular weight is 396 g/mol. The molecule has 1 saturated heterocycles. The second kappa shape index (κ2) is 6.99. The lowest BCUT2D eigenvalue weighted by Gasteiger charge is -2.32. The number of fused-ring (bicyclic) bond motifs is 1. The molecule has 1 aliphatic rings. The van der Waals surface area contributed by atoms with E-state index in [-0.39, 0.29) is 28.8 Å². The monoisotopic (exact) mass is 396 g/mol. The van der Waals surface area contributed by atoms with Crippen LogP contribution in [0.2, 0.25) is 0 Å². The zero-order valence-electron chi connectivity index (χ0n) is 16.2. The average Bonchev–Trinajstić information content (AvgIpc) is 3.28. The van der Waals surface area contributed by atoms with Gasteiger partial charge in [0.25, 0.3) is 0 Å². The highest BCUT2D eigenvalue weighted by molar-refractivity contribution is 6.01. The van der Waals surface area contributed by atoms with Crippen molar-refractivity contribution in [3.8, 4) is 0 Å². The molecule has 1 unspecified atom stereocenters. The summed E-state index contributed by atoms with van der Waals surface area (Å²) in [6.45, 7) is 4.87. The molecule has 3 aromatic rings. The summed E-state index contributed by atoms with van der Waals surface area (Å²) in [6.07, 6.45) is 0.465. The Bertz CT molecular complexity index is 1140. The van der Waals surface area contributed by atoms with Crippen LogP contribution in [0.25, 0.3) is 10.9 Å². The van der Waals surface area contributed by atoms with Crippen molar-refractivity contribution in [3.63, 3.8) is 0 Å². The number of aliphatic imine (C=N–C) groups is 1. The fourth-order valence-corrected chi connectivity index (χ4v) is 3.95. The normalized spacial score (nSPS) is 19.9. The van der Waals surface area contributed by atoms with Crippen molar-refractivity contribution in [1.29, 1.82) is 0 Å². The molecule has 1 aromatic heterocycles. The van der Waals surface area contributed by atoms with E-state index in [2.05, 4.69) is 35.2 Å². The van der Waals surface area contributed by atoms with Gasteiger partial charge >= 0.3 is 0 Å². The Morgan fingerprint density at radius 3 is 2.59 bits per heavy atom. The van der Waals surface area contributed by atoms with Crippen LogP contribution >= 0.6 is 0 Å². The molecular weight excluding hydrogens is 374 g/mol. The number of benzene rings is 2. The molecule has 7 heteroatoms. The van der Waals surface area contributed by atoms with E-state index in [1.165, 1.54) is 6.07 Å². The van der Waals surface area contributed by atoms with Crippen molar-refractivity contribution < 1.29 is 13.6 Å². The number of aromatic amines is 1. The van der Waals surface area contributed by atoms with Crippen molar-refractivity contribution in [3.05, 3.63) is 65.4 Å². The van der Waals surface area contributed by atoms with Crippen LogP contribution in [0.5, 0.6) is 0 Å². The van der Waals surface area contributed by atoms with Gasteiger partial charge in [0, 0.05) is 35.3 Å². The number of H-pyrrole nitrogens is 1. The molecule has 2 heterocycles. The molecule has 4 rings (SSSR count). The number of halogens is 2. The van der Waals surface area contributed by atoms with Gasteiger partial charge in [-0.1, -0.05) is 19.9 Å². The van der Waals surface area contributed by atoms with Crippen LogP contribution in [-0.2, 0) is 10.2 Å². The Morgan fingerprint density at radius 2 is 1.93 bits per heavy atom. The molecule has 4 N–H and O–H groups in total. The minimum atomic E-state index is -0.973. The largest absolute Gasteiger partial charge is 0.382 e. The second-order valence-corrected chi connectivity index (χ2v) is 7.84. The van der Waals surface area contributed by atoms with Gasteiger partial charge in [0.1, 0.15) is 5.84 Å². The van der Waals surface area contributed by atoms with E-state index in [9.17, 15) is 13.6 Å². The summed E-state index contributed by atoms with van der Waals surface area (Å²) in [4.78, 5) is 19.3. The molecule has 1 aliphatic heterocycles. The first-order chi connectivity index (χ1) is 13.8. The smallest absolute Gasteiger partial charge is 0.221 e. The highest BCUT2D eigenvalue weighted by atomic mass is 19.2. The van der Waals surface area contributed by atoms with Gasteiger partial charge in [0.2, 0.25) is 5.91 Å². The molecule has 1 fully saturated rings. The lowest BCUT2D eigenvalue weighted by Crippen LogP contribution is -2.34. The quantitative estimate of drug-likeness (QED) is 0.462. The van der Waals surface area contributed by atoms with Crippen LogP contribution in [-0.4, -0.2) is 23.3 Å². The van der Waals surface area contributed by atoms with E-state index < -0.39 is 11.6 Å².